The van der Waals surface area contributed by atoms with E-state index in [1.807, 2.05) is 6.07 Å². The second-order valence-electron chi connectivity index (χ2n) is 5.49. The minimum Gasteiger partial charge on any atom is -0.314 e. The van der Waals surface area contributed by atoms with E-state index >= 15 is 0 Å². The molecule has 17 heavy (non-hydrogen) atoms. The molecule has 1 N–H and O–H groups in total. The monoisotopic (exact) mass is 299 g/mol. The molecule has 1 aromatic rings. The molecule has 0 unspecified atom stereocenters. The van der Waals surface area contributed by atoms with Gasteiger partial charge in [-0.1, -0.05) is 29.8 Å². The van der Waals surface area contributed by atoms with Crippen LogP contribution in [0.4, 0.5) is 4.39 Å². The van der Waals surface area contributed by atoms with Crippen molar-refractivity contribution in [1.82, 2.24) is 5.32 Å². The largest absolute Gasteiger partial charge is 0.314 e. The van der Waals surface area contributed by atoms with E-state index in [2.05, 4.69) is 35.1 Å². The van der Waals surface area contributed by atoms with Crippen molar-refractivity contribution in [3.8, 4) is 0 Å². The topological polar surface area (TPSA) is 12.0 Å². The molecule has 0 amide bonds. The summed E-state index contributed by atoms with van der Waals surface area (Å²) in [6, 6.07) is 5.90. The first kappa shape index (κ1) is 13.0. The SMILES string of the molecule is CC(C)(CCNC1CC1)c1cc(Br)ccc1F. The third kappa shape index (κ3) is 3.52. The third-order valence-electron chi connectivity index (χ3n) is 3.42. The number of nitrogens with one attached hydrogen (secondary N) is 1. The minimum atomic E-state index is -0.129. The van der Waals surface area contributed by atoms with Gasteiger partial charge in [-0.2, -0.15) is 0 Å². The molecule has 0 saturated heterocycles. The van der Waals surface area contributed by atoms with Crippen LogP contribution in [0.15, 0.2) is 22.7 Å². The maximum absolute atomic E-state index is 13.8. The zero-order chi connectivity index (χ0) is 12.5. The Morgan fingerprint density at radius 1 is 1.41 bits per heavy atom. The van der Waals surface area contributed by atoms with Crippen LogP contribution in [0.25, 0.3) is 0 Å². The molecule has 0 aromatic heterocycles. The highest BCUT2D eigenvalue weighted by atomic mass is 79.9. The van der Waals surface area contributed by atoms with Crippen molar-refractivity contribution < 1.29 is 4.39 Å². The molecule has 1 aliphatic rings. The summed E-state index contributed by atoms with van der Waals surface area (Å²) in [5.74, 6) is -0.107. The summed E-state index contributed by atoms with van der Waals surface area (Å²) < 4.78 is 14.8. The van der Waals surface area contributed by atoms with Crippen molar-refractivity contribution in [3.05, 3.63) is 34.1 Å². The Labute approximate surface area is 111 Å². The van der Waals surface area contributed by atoms with Gasteiger partial charge in [0, 0.05) is 10.5 Å². The summed E-state index contributed by atoms with van der Waals surface area (Å²) in [5.41, 5.74) is 0.667. The fourth-order valence-electron chi connectivity index (χ4n) is 2.03. The molecule has 1 aliphatic carbocycles. The maximum atomic E-state index is 13.8. The third-order valence-corrected chi connectivity index (χ3v) is 3.91. The van der Waals surface area contributed by atoms with E-state index in [9.17, 15) is 4.39 Å². The van der Waals surface area contributed by atoms with Gasteiger partial charge in [0.2, 0.25) is 0 Å². The molecule has 1 nitrogen and oxygen atoms in total. The number of halogens is 2. The van der Waals surface area contributed by atoms with Crippen LogP contribution in [0.3, 0.4) is 0 Å². The first-order chi connectivity index (χ1) is 7.99. The van der Waals surface area contributed by atoms with Crippen LogP contribution < -0.4 is 5.32 Å². The highest BCUT2D eigenvalue weighted by molar-refractivity contribution is 9.10. The Balaban J connectivity index is 2.03. The van der Waals surface area contributed by atoms with Gasteiger partial charge in [-0.05, 0) is 55.0 Å². The average Bonchev–Trinajstić information content (AvgIpc) is 3.05. The van der Waals surface area contributed by atoms with Crippen LogP contribution in [-0.2, 0) is 5.41 Å². The zero-order valence-electron chi connectivity index (χ0n) is 10.4. The predicted molar refractivity (Wildman–Crippen MR) is 72.8 cm³/mol. The standard InChI is InChI=1S/C14H19BrFN/c1-14(2,7-8-17-11-4-5-11)12-9-10(15)3-6-13(12)16/h3,6,9,11,17H,4-5,7-8H2,1-2H3. The highest BCUT2D eigenvalue weighted by Gasteiger charge is 2.26. The highest BCUT2D eigenvalue weighted by Crippen LogP contribution is 2.31. The van der Waals surface area contributed by atoms with Gasteiger partial charge in [0.15, 0.2) is 0 Å². The van der Waals surface area contributed by atoms with Crippen molar-refractivity contribution in [1.29, 1.82) is 0 Å². The molecule has 0 aliphatic heterocycles. The Hall–Kier alpha value is -0.410. The Morgan fingerprint density at radius 2 is 2.12 bits per heavy atom. The van der Waals surface area contributed by atoms with E-state index in [0.29, 0.717) is 0 Å². The summed E-state index contributed by atoms with van der Waals surface area (Å²) in [5, 5.41) is 3.48. The van der Waals surface area contributed by atoms with Crippen LogP contribution in [-0.4, -0.2) is 12.6 Å². The first-order valence-electron chi connectivity index (χ1n) is 6.18. The van der Waals surface area contributed by atoms with E-state index in [1.165, 1.54) is 18.9 Å². The lowest BCUT2D eigenvalue weighted by atomic mass is 9.81. The lowest BCUT2D eigenvalue weighted by molar-refractivity contribution is 0.433. The zero-order valence-corrected chi connectivity index (χ0v) is 12.0. The predicted octanol–water partition coefficient (Wildman–Crippen LogP) is 4.01. The second kappa shape index (κ2) is 5.07. The van der Waals surface area contributed by atoms with Gasteiger partial charge < -0.3 is 5.32 Å². The lowest BCUT2D eigenvalue weighted by Gasteiger charge is -2.26. The van der Waals surface area contributed by atoms with E-state index in [-0.39, 0.29) is 11.2 Å². The molecule has 3 heteroatoms. The molecule has 1 fully saturated rings. The molecule has 1 aromatic carbocycles. The number of rotatable bonds is 5. The van der Waals surface area contributed by atoms with Gasteiger partial charge in [0.1, 0.15) is 5.82 Å². The van der Waals surface area contributed by atoms with Gasteiger partial charge in [-0.15, -0.1) is 0 Å². The summed E-state index contributed by atoms with van der Waals surface area (Å²) in [7, 11) is 0. The summed E-state index contributed by atoms with van der Waals surface area (Å²) in [6.45, 7) is 5.17. The quantitative estimate of drug-likeness (QED) is 0.866. The molecular formula is C14H19BrFN. The number of benzene rings is 1. The Bertz CT molecular complexity index is 399. The molecule has 94 valence electrons. The molecule has 2 rings (SSSR count). The van der Waals surface area contributed by atoms with Gasteiger partial charge in [0.25, 0.3) is 0 Å². The van der Waals surface area contributed by atoms with E-state index < -0.39 is 0 Å². The van der Waals surface area contributed by atoms with E-state index in [4.69, 9.17) is 0 Å². The number of hydrogen-bond acceptors (Lipinski definition) is 1. The molecular weight excluding hydrogens is 281 g/mol. The Morgan fingerprint density at radius 3 is 2.76 bits per heavy atom. The molecule has 0 spiro atoms. The van der Waals surface area contributed by atoms with Gasteiger partial charge >= 0.3 is 0 Å². The molecule has 0 bridgehead atoms. The van der Waals surface area contributed by atoms with Crippen LogP contribution in [0.1, 0.15) is 38.7 Å². The normalized spacial score (nSPS) is 16.2. The summed E-state index contributed by atoms with van der Waals surface area (Å²) >= 11 is 3.41. The lowest BCUT2D eigenvalue weighted by Crippen LogP contribution is -2.27. The van der Waals surface area contributed by atoms with Gasteiger partial charge in [-0.25, -0.2) is 4.39 Å². The van der Waals surface area contributed by atoms with Crippen molar-refractivity contribution in [2.45, 2.75) is 44.6 Å². The van der Waals surface area contributed by atoms with Crippen LogP contribution >= 0.6 is 15.9 Å². The van der Waals surface area contributed by atoms with Gasteiger partial charge in [-0.3, -0.25) is 0 Å². The van der Waals surface area contributed by atoms with Crippen molar-refractivity contribution in [3.63, 3.8) is 0 Å². The smallest absolute Gasteiger partial charge is 0.127 e. The van der Waals surface area contributed by atoms with E-state index in [0.717, 1.165) is 29.0 Å². The van der Waals surface area contributed by atoms with Crippen molar-refractivity contribution in [2.75, 3.05) is 6.54 Å². The Kier molecular flexibility index (Phi) is 3.88. The van der Waals surface area contributed by atoms with Crippen LogP contribution in [0.5, 0.6) is 0 Å². The average molecular weight is 300 g/mol. The van der Waals surface area contributed by atoms with Crippen LogP contribution in [0, 0.1) is 5.82 Å². The molecule has 0 atom stereocenters. The minimum absolute atomic E-state index is 0.107. The van der Waals surface area contributed by atoms with Crippen LogP contribution in [0.2, 0.25) is 0 Å². The maximum Gasteiger partial charge on any atom is 0.127 e. The van der Waals surface area contributed by atoms with Gasteiger partial charge in [0.05, 0.1) is 0 Å². The van der Waals surface area contributed by atoms with Crippen molar-refractivity contribution in [2.24, 2.45) is 0 Å². The van der Waals surface area contributed by atoms with E-state index in [1.54, 1.807) is 6.07 Å². The summed E-state index contributed by atoms with van der Waals surface area (Å²) in [4.78, 5) is 0. The molecule has 0 radical (unpaired) electrons. The number of hydrogen-bond donors (Lipinski definition) is 1. The summed E-state index contributed by atoms with van der Waals surface area (Å²) in [6.07, 6.45) is 3.55. The fourth-order valence-corrected chi connectivity index (χ4v) is 2.39. The fraction of sp³-hybridized carbons (Fsp3) is 0.571. The first-order valence-corrected chi connectivity index (χ1v) is 6.97. The molecule has 0 heterocycles. The molecule has 1 saturated carbocycles. The van der Waals surface area contributed by atoms with Crippen molar-refractivity contribution >= 4 is 15.9 Å². The second-order valence-corrected chi connectivity index (χ2v) is 6.40.